The highest BCUT2D eigenvalue weighted by Crippen LogP contribution is 2.42. The fourth-order valence-corrected chi connectivity index (χ4v) is 5.14. The van der Waals surface area contributed by atoms with Gasteiger partial charge in [0.05, 0.1) is 11.6 Å². The van der Waals surface area contributed by atoms with E-state index in [0.29, 0.717) is 16.9 Å². The first kappa shape index (κ1) is 25.1. The summed E-state index contributed by atoms with van der Waals surface area (Å²) in [6.45, 7) is 4.11. The summed E-state index contributed by atoms with van der Waals surface area (Å²) in [5, 5.41) is 15.4. The zero-order valence-corrected chi connectivity index (χ0v) is 22.6. The SMILES string of the molecule is Cc1ccc([N+](C)=c2ccc3c(-c4ccccc4C(=O)O)c4cc(Nc5ccccc5)c(C)cc4oc-3c2)cc1. The van der Waals surface area contributed by atoms with Crippen LogP contribution < -0.4 is 15.2 Å². The van der Waals surface area contributed by atoms with Crippen LogP contribution in [0.15, 0.2) is 114 Å². The van der Waals surface area contributed by atoms with Crippen LogP contribution in [0.25, 0.3) is 33.4 Å². The number of carboxylic acid groups (broad SMARTS) is 1. The van der Waals surface area contributed by atoms with E-state index in [9.17, 15) is 9.90 Å². The van der Waals surface area contributed by atoms with E-state index in [2.05, 4.69) is 47.1 Å². The van der Waals surface area contributed by atoms with Crippen LogP contribution >= 0.6 is 0 Å². The first-order chi connectivity index (χ1) is 19.4. The molecule has 0 radical (unpaired) electrons. The number of nitrogens with zero attached hydrogens (tertiary/aromatic N) is 1. The third-order valence-corrected chi connectivity index (χ3v) is 7.34. The highest BCUT2D eigenvalue weighted by atomic mass is 16.4. The van der Waals surface area contributed by atoms with Gasteiger partial charge in [-0.3, -0.25) is 0 Å². The summed E-state index contributed by atoms with van der Waals surface area (Å²) in [5.41, 5.74) is 8.44. The number of carboxylic acids is 1. The number of nitrogens with one attached hydrogen (secondary N) is 1. The third-order valence-electron chi connectivity index (χ3n) is 7.34. The smallest absolute Gasteiger partial charge is 0.336 e. The molecule has 0 atom stereocenters. The number of para-hydroxylation sites is 1. The fourth-order valence-electron chi connectivity index (χ4n) is 5.14. The Labute approximate surface area is 232 Å². The van der Waals surface area contributed by atoms with E-state index >= 15 is 0 Å². The van der Waals surface area contributed by atoms with Crippen molar-refractivity contribution in [3.63, 3.8) is 0 Å². The van der Waals surface area contributed by atoms with Crippen molar-refractivity contribution < 1.29 is 14.3 Å². The molecule has 0 bridgehead atoms. The van der Waals surface area contributed by atoms with Crippen LogP contribution in [0.1, 0.15) is 21.5 Å². The molecule has 5 heteroatoms. The number of rotatable bonds is 5. The van der Waals surface area contributed by atoms with Gasteiger partial charge in [-0.1, -0.05) is 54.1 Å². The molecule has 1 aliphatic heterocycles. The number of carbonyl (C=O) groups is 1. The van der Waals surface area contributed by atoms with Crippen LogP contribution in [0.5, 0.6) is 0 Å². The quantitative estimate of drug-likeness (QED) is 0.177. The average molecular weight is 526 g/mol. The molecule has 0 saturated carbocycles. The van der Waals surface area contributed by atoms with Crippen LogP contribution in [0.4, 0.5) is 17.1 Å². The van der Waals surface area contributed by atoms with Crippen LogP contribution in [0.2, 0.25) is 0 Å². The minimum Gasteiger partial charge on any atom is -0.478 e. The molecule has 1 heterocycles. The molecular formula is C35H29N2O3+. The summed E-state index contributed by atoms with van der Waals surface area (Å²) in [4.78, 5) is 12.3. The van der Waals surface area contributed by atoms with E-state index in [4.69, 9.17) is 4.42 Å². The maximum absolute atomic E-state index is 12.3. The number of fused-ring (bicyclic) bond motifs is 2. The van der Waals surface area contributed by atoms with Crippen molar-refractivity contribution in [1.29, 1.82) is 0 Å². The lowest BCUT2D eigenvalue weighted by atomic mass is 9.90. The Bertz CT molecular complexity index is 1920. The van der Waals surface area contributed by atoms with Gasteiger partial charge in [-0.25, -0.2) is 4.79 Å². The molecule has 0 saturated heterocycles. The van der Waals surface area contributed by atoms with Gasteiger partial charge < -0.3 is 14.8 Å². The zero-order chi connectivity index (χ0) is 27.8. The van der Waals surface area contributed by atoms with Crippen molar-refractivity contribution >= 4 is 34.0 Å². The normalized spacial score (nSPS) is 12.0. The minimum absolute atomic E-state index is 0.246. The zero-order valence-electron chi connectivity index (χ0n) is 22.6. The Morgan fingerprint density at radius 3 is 2.27 bits per heavy atom. The molecular weight excluding hydrogens is 496 g/mol. The molecule has 0 aromatic heterocycles. The highest BCUT2D eigenvalue weighted by molar-refractivity contribution is 6.08. The van der Waals surface area contributed by atoms with E-state index in [1.165, 1.54) is 5.56 Å². The Morgan fingerprint density at radius 2 is 1.52 bits per heavy atom. The van der Waals surface area contributed by atoms with Crippen LogP contribution in [0, 0.1) is 13.8 Å². The van der Waals surface area contributed by atoms with Crippen LogP contribution in [-0.2, 0) is 0 Å². The first-order valence-corrected chi connectivity index (χ1v) is 13.2. The van der Waals surface area contributed by atoms with Gasteiger partial charge in [0.15, 0.2) is 0 Å². The molecule has 0 fully saturated rings. The predicted octanol–water partition coefficient (Wildman–Crippen LogP) is 8.00. The number of aryl methyl sites for hydroxylation is 2. The molecule has 40 heavy (non-hydrogen) atoms. The number of benzene rings is 5. The highest BCUT2D eigenvalue weighted by Gasteiger charge is 2.23. The second-order valence-electron chi connectivity index (χ2n) is 10.1. The number of aromatic carboxylic acids is 1. The summed E-state index contributed by atoms with van der Waals surface area (Å²) in [7, 11) is 2.03. The van der Waals surface area contributed by atoms with Crippen LogP contribution in [-0.4, -0.2) is 18.1 Å². The van der Waals surface area contributed by atoms with E-state index in [0.717, 1.165) is 44.5 Å². The monoisotopic (exact) mass is 525 g/mol. The number of hydrogen-bond acceptors (Lipinski definition) is 3. The first-order valence-electron chi connectivity index (χ1n) is 13.2. The van der Waals surface area contributed by atoms with Crippen molar-refractivity contribution in [3.8, 4) is 22.5 Å². The maximum atomic E-state index is 12.3. The maximum Gasteiger partial charge on any atom is 0.336 e. The second kappa shape index (κ2) is 10.2. The van der Waals surface area contributed by atoms with Gasteiger partial charge in [-0.15, -0.1) is 0 Å². The van der Waals surface area contributed by atoms with Crippen molar-refractivity contribution in [1.82, 2.24) is 4.58 Å². The fraction of sp³-hybridized carbons (Fsp3) is 0.0857. The van der Waals surface area contributed by atoms with Crippen LogP contribution in [0.3, 0.4) is 0 Å². The van der Waals surface area contributed by atoms with E-state index < -0.39 is 5.97 Å². The van der Waals surface area contributed by atoms with Crippen molar-refractivity contribution in [2.75, 3.05) is 12.4 Å². The molecule has 4 aromatic rings. The average Bonchev–Trinajstić information content (AvgIpc) is 2.97. The molecule has 6 rings (SSSR count). The molecule has 0 unspecified atom stereocenters. The molecule has 0 spiro atoms. The molecule has 4 aromatic carbocycles. The summed E-state index contributed by atoms with van der Waals surface area (Å²) in [6.07, 6.45) is 0. The van der Waals surface area contributed by atoms with Gasteiger partial charge in [0.25, 0.3) is 0 Å². The lowest BCUT2D eigenvalue weighted by molar-refractivity contribution is 0.0697. The molecule has 196 valence electrons. The number of anilines is 2. The standard InChI is InChI=1S/C35H28N2O3/c1-22-13-15-25(16-14-22)37(3)26-17-18-29-33(20-26)40-32-19-23(2)31(36-24-9-5-4-6-10-24)21-30(32)34(29)27-11-7-8-12-28(27)35(38)39/h4-21,36H,1-3H3/p+1. The Morgan fingerprint density at radius 1 is 0.800 bits per heavy atom. The lowest BCUT2D eigenvalue weighted by Gasteiger charge is -2.18. The molecule has 1 aliphatic carbocycles. The topological polar surface area (TPSA) is 65.5 Å². The van der Waals surface area contributed by atoms with Gasteiger partial charge in [0.1, 0.15) is 18.4 Å². The Kier molecular flexibility index (Phi) is 6.40. The van der Waals surface area contributed by atoms with Gasteiger partial charge in [0, 0.05) is 46.1 Å². The minimum atomic E-state index is -0.969. The molecule has 5 nitrogen and oxygen atoms in total. The number of hydrogen-bond donors (Lipinski definition) is 2. The van der Waals surface area contributed by atoms with Crippen molar-refractivity contribution in [2.45, 2.75) is 13.8 Å². The Balaban J connectivity index is 1.65. The van der Waals surface area contributed by atoms with E-state index in [1.807, 2.05) is 80.7 Å². The van der Waals surface area contributed by atoms with Gasteiger partial charge in [0.2, 0.25) is 11.0 Å². The largest absolute Gasteiger partial charge is 0.478 e. The van der Waals surface area contributed by atoms with Crippen molar-refractivity contribution in [3.05, 3.63) is 131 Å². The molecule has 0 amide bonds. The van der Waals surface area contributed by atoms with E-state index in [1.54, 1.807) is 12.1 Å². The summed E-state index contributed by atoms with van der Waals surface area (Å²) >= 11 is 0. The van der Waals surface area contributed by atoms with Crippen molar-refractivity contribution in [2.24, 2.45) is 0 Å². The van der Waals surface area contributed by atoms with Gasteiger partial charge in [-0.05, 0) is 61.4 Å². The third kappa shape index (κ3) is 4.63. The predicted molar refractivity (Wildman–Crippen MR) is 162 cm³/mol. The molecule has 2 N–H and O–H groups in total. The van der Waals surface area contributed by atoms with Gasteiger partial charge in [-0.2, -0.15) is 4.58 Å². The summed E-state index contributed by atoms with van der Waals surface area (Å²) in [5.74, 6) is -0.287. The van der Waals surface area contributed by atoms with Gasteiger partial charge >= 0.3 is 5.97 Å². The lowest BCUT2D eigenvalue weighted by Crippen LogP contribution is -2.21. The Hall–Kier alpha value is -5.16. The summed E-state index contributed by atoms with van der Waals surface area (Å²) < 4.78 is 8.65. The molecule has 2 aliphatic rings. The van der Waals surface area contributed by atoms with E-state index in [-0.39, 0.29) is 5.56 Å². The summed E-state index contributed by atoms with van der Waals surface area (Å²) in [6, 6.07) is 35.7. The second-order valence-corrected chi connectivity index (χ2v) is 10.1.